The molecule has 10 heteroatoms. The summed E-state index contributed by atoms with van der Waals surface area (Å²) in [4.78, 5) is 27.4. The van der Waals surface area contributed by atoms with Crippen molar-refractivity contribution in [2.24, 2.45) is 17.8 Å². The van der Waals surface area contributed by atoms with Crippen LogP contribution in [0, 0.1) is 17.8 Å². The first-order valence-corrected chi connectivity index (χ1v) is 9.39. The van der Waals surface area contributed by atoms with Gasteiger partial charge in [0.2, 0.25) is 5.91 Å². The Morgan fingerprint density at radius 2 is 2.03 bits per heavy atom. The lowest BCUT2D eigenvalue weighted by Crippen LogP contribution is -2.36. The molecule has 1 aromatic rings. The second-order valence-electron chi connectivity index (χ2n) is 7.51. The zero-order chi connectivity index (χ0) is 21.6. The number of carbonyl (C=O) groups excluding carboxylic acids is 1. The molecular formula is C19H26F3N3O4. The Morgan fingerprint density at radius 3 is 2.59 bits per heavy atom. The third-order valence-electron chi connectivity index (χ3n) is 4.93. The topological polar surface area (TPSA) is 91.8 Å². The molecule has 3 rings (SSSR count). The van der Waals surface area contributed by atoms with E-state index >= 15 is 0 Å². The first kappa shape index (κ1) is 23.1. The molecule has 3 heterocycles. The summed E-state index contributed by atoms with van der Waals surface area (Å²) in [6.45, 7) is 8.23. The number of fused-ring (bicyclic) bond motifs is 1. The average molecular weight is 417 g/mol. The molecule has 0 radical (unpaired) electrons. The van der Waals surface area contributed by atoms with Crippen LogP contribution in [0.1, 0.15) is 19.5 Å². The van der Waals surface area contributed by atoms with Gasteiger partial charge in [0.1, 0.15) is 0 Å². The minimum Gasteiger partial charge on any atom is -0.475 e. The van der Waals surface area contributed by atoms with E-state index in [2.05, 4.69) is 21.3 Å². The molecule has 1 aromatic heterocycles. The third-order valence-corrected chi connectivity index (χ3v) is 4.93. The van der Waals surface area contributed by atoms with E-state index in [0.717, 1.165) is 38.5 Å². The fourth-order valence-corrected chi connectivity index (χ4v) is 3.38. The van der Waals surface area contributed by atoms with Gasteiger partial charge in [-0.15, -0.1) is 0 Å². The van der Waals surface area contributed by atoms with Gasteiger partial charge in [0.25, 0.3) is 0 Å². The van der Waals surface area contributed by atoms with Gasteiger partial charge in [-0.3, -0.25) is 14.7 Å². The Morgan fingerprint density at radius 1 is 1.34 bits per heavy atom. The van der Waals surface area contributed by atoms with Crippen molar-refractivity contribution in [3.63, 3.8) is 0 Å². The monoisotopic (exact) mass is 417 g/mol. The van der Waals surface area contributed by atoms with E-state index in [1.54, 1.807) is 0 Å². The fourth-order valence-electron chi connectivity index (χ4n) is 3.38. The summed E-state index contributed by atoms with van der Waals surface area (Å²) in [5.74, 6) is -1.63. The number of aromatic nitrogens is 1. The number of hydrogen-bond donors (Lipinski definition) is 2. The summed E-state index contributed by atoms with van der Waals surface area (Å²) in [5, 5.41) is 10.2. The second kappa shape index (κ2) is 10.0. The molecule has 2 saturated heterocycles. The van der Waals surface area contributed by atoms with Crippen LogP contribution in [-0.4, -0.2) is 65.4 Å². The molecule has 7 nitrogen and oxygen atoms in total. The van der Waals surface area contributed by atoms with Crippen molar-refractivity contribution in [3.8, 4) is 0 Å². The number of carboxylic acid groups (broad SMARTS) is 1. The van der Waals surface area contributed by atoms with Crippen molar-refractivity contribution in [2.45, 2.75) is 32.7 Å². The van der Waals surface area contributed by atoms with E-state index in [0.29, 0.717) is 17.9 Å². The molecule has 0 unspecified atom stereocenters. The smallest absolute Gasteiger partial charge is 0.475 e. The van der Waals surface area contributed by atoms with Gasteiger partial charge in [-0.25, -0.2) is 4.79 Å². The molecule has 162 valence electrons. The number of amides is 1. The van der Waals surface area contributed by atoms with Gasteiger partial charge in [0, 0.05) is 50.1 Å². The van der Waals surface area contributed by atoms with Gasteiger partial charge in [-0.05, 0) is 12.1 Å². The fraction of sp³-hybridized carbons (Fsp3) is 0.632. The van der Waals surface area contributed by atoms with Crippen molar-refractivity contribution in [1.29, 1.82) is 0 Å². The van der Waals surface area contributed by atoms with Crippen LogP contribution in [0.5, 0.6) is 0 Å². The van der Waals surface area contributed by atoms with Gasteiger partial charge in [0.05, 0.1) is 18.4 Å². The molecule has 2 aliphatic heterocycles. The van der Waals surface area contributed by atoms with Gasteiger partial charge in [0.15, 0.2) is 0 Å². The van der Waals surface area contributed by atoms with Crippen molar-refractivity contribution in [3.05, 3.63) is 30.1 Å². The van der Waals surface area contributed by atoms with Crippen LogP contribution in [0.4, 0.5) is 13.2 Å². The summed E-state index contributed by atoms with van der Waals surface area (Å²) >= 11 is 0. The van der Waals surface area contributed by atoms with Crippen LogP contribution in [-0.2, 0) is 20.9 Å². The lowest BCUT2D eigenvalue weighted by Gasteiger charge is -2.20. The number of nitrogens with one attached hydrogen (secondary N) is 1. The number of carbonyl (C=O) groups is 2. The van der Waals surface area contributed by atoms with Gasteiger partial charge < -0.3 is 15.2 Å². The first-order chi connectivity index (χ1) is 13.6. The highest BCUT2D eigenvalue weighted by Gasteiger charge is 2.43. The predicted molar refractivity (Wildman–Crippen MR) is 97.8 cm³/mol. The number of pyridine rings is 1. The Balaban J connectivity index is 0.000000370. The normalized spacial score (nSPS) is 24.0. The van der Waals surface area contributed by atoms with Gasteiger partial charge in [-0.1, -0.05) is 19.9 Å². The summed E-state index contributed by atoms with van der Waals surface area (Å²) in [7, 11) is 0. The van der Waals surface area contributed by atoms with Crippen molar-refractivity contribution in [1.82, 2.24) is 15.2 Å². The average Bonchev–Trinajstić information content (AvgIpc) is 3.20. The molecule has 3 atom stereocenters. The molecule has 0 spiro atoms. The lowest BCUT2D eigenvalue weighted by molar-refractivity contribution is -0.192. The Labute approximate surface area is 167 Å². The molecule has 2 aliphatic rings. The molecular weight excluding hydrogens is 391 g/mol. The maximum atomic E-state index is 11.7. The quantitative estimate of drug-likeness (QED) is 0.761. The Bertz CT molecular complexity index is 685. The number of alkyl halides is 3. The highest BCUT2D eigenvalue weighted by molar-refractivity contribution is 5.77. The maximum Gasteiger partial charge on any atom is 0.490 e. The minimum atomic E-state index is -5.08. The summed E-state index contributed by atoms with van der Waals surface area (Å²) in [6.07, 6.45) is -2.93. The minimum absolute atomic E-state index is 0.0438. The number of rotatable bonds is 5. The Kier molecular flexibility index (Phi) is 7.97. The third kappa shape index (κ3) is 6.97. The van der Waals surface area contributed by atoms with Crippen LogP contribution in [0.3, 0.4) is 0 Å². The summed E-state index contributed by atoms with van der Waals surface area (Å²) in [5.41, 5.74) is 1.10. The van der Waals surface area contributed by atoms with Crippen LogP contribution in [0.25, 0.3) is 0 Å². The molecule has 2 N–H and O–H groups in total. The summed E-state index contributed by atoms with van der Waals surface area (Å²) < 4.78 is 37.7. The highest BCUT2D eigenvalue weighted by atomic mass is 19.4. The van der Waals surface area contributed by atoms with E-state index in [1.807, 2.05) is 32.2 Å². The van der Waals surface area contributed by atoms with E-state index in [1.165, 1.54) is 0 Å². The number of hydrogen-bond acceptors (Lipinski definition) is 5. The number of halogens is 3. The lowest BCUT2D eigenvalue weighted by atomic mass is 9.93. The second-order valence-corrected chi connectivity index (χ2v) is 7.51. The van der Waals surface area contributed by atoms with Crippen molar-refractivity contribution >= 4 is 11.9 Å². The number of nitrogens with zero attached hydrogens (tertiary/aromatic N) is 2. The molecule has 0 aliphatic carbocycles. The predicted octanol–water partition coefficient (Wildman–Crippen LogP) is 1.93. The molecule has 0 bridgehead atoms. The standard InChI is InChI=1S/C17H25N3O2.C2HF3O2/c1-12(2)17(21)19-7-13-11-22-16-10-20(9-15(13)16)8-14-5-3-4-6-18-14;3-2(4,5)1(6)7/h3-6,12-13,15-16H,7-11H2,1-2H3,(H,19,21);(H,6,7)/t13-,15-,16-;/m1./s1. The number of aliphatic carboxylic acids is 1. The highest BCUT2D eigenvalue weighted by Crippen LogP contribution is 2.33. The molecule has 29 heavy (non-hydrogen) atoms. The van der Waals surface area contributed by atoms with Crippen molar-refractivity contribution in [2.75, 3.05) is 26.2 Å². The maximum absolute atomic E-state index is 11.7. The van der Waals surface area contributed by atoms with Crippen LogP contribution < -0.4 is 5.32 Å². The van der Waals surface area contributed by atoms with E-state index < -0.39 is 12.1 Å². The molecule has 0 aromatic carbocycles. The number of carboxylic acids is 1. The number of likely N-dealkylation sites (tertiary alicyclic amines) is 1. The van der Waals surface area contributed by atoms with E-state index in [9.17, 15) is 18.0 Å². The zero-order valence-electron chi connectivity index (χ0n) is 16.4. The summed E-state index contributed by atoms with van der Waals surface area (Å²) in [6, 6.07) is 6.04. The van der Waals surface area contributed by atoms with Crippen LogP contribution in [0.2, 0.25) is 0 Å². The van der Waals surface area contributed by atoms with Gasteiger partial charge in [-0.2, -0.15) is 13.2 Å². The molecule has 1 amide bonds. The van der Waals surface area contributed by atoms with Crippen molar-refractivity contribution < 1.29 is 32.6 Å². The first-order valence-electron chi connectivity index (χ1n) is 9.39. The number of ether oxygens (including phenoxy) is 1. The Hall–Kier alpha value is -2.20. The van der Waals surface area contributed by atoms with E-state index in [-0.39, 0.29) is 11.8 Å². The van der Waals surface area contributed by atoms with Gasteiger partial charge >= 0.3 is 12.1 Å². The largest absolute Gasteiger partial charge is 0.490 e. The molecule has 0 saturated carbocycles. The van der Waals surface area contributed by atoms with E-state index in [4.69, 9.17) is 14.6 Å². The molecule has 2 fully saturated rings. The SMILES string of the molecule is CC(C)C(=O)NC[C@@H]1CO[C@@H]2CN(Cc3ccccn3)C[C@H]12.O=C(O)C(F)(F)F. The van der Waals surface area contributed by atoms with Crippen LogP contribution in [0.15, 0.2) is 24.4 Å². The zero-order valence-corrected chi connectivity index (χ0v) is 16.4. The van der Waals surface area contributed by atoms with Crippen LogP contribution >= 0.6 is 0 Å².